The van der Waals surface area contributed by atoms with Gasteiger partial charge in [-0.1, -0.05) is 11.6 Å². The summed E-state index contributed by atoms with van der Waals surface area (Å²) in [5.41, 5.74) is 1.54. The van der Waals surface area contributed by atoms with Gasteiger partial charge in [-0.15, -0.1) is 11.3 Å². The lowest BCUT2D eigenvalue weighted by atomic mass is 10.0. The molecule has 0 fully saturated rings. The van der Waals surface area contributed by atoms with E-state index in [-0.39, 0.29) is 6.54 Å². The number of aryl methyl sites for hydroxylation is 1. The second-order valence-corrected chi connectivity index (χ2v) is 8.21. The van der Waals surface area contributed by atoms with Crippen molar-refractivity contribution in [2.45, 2.75) is 32.6 Å². The number of anilines is 1. The summed E-state index contributed by atoms with van der Waals surface area (Å²) in [6.45, 7) is 2.76. The SMILES string of the molecule is Cc1nc(N2CCc3cc(Cl)ncc3C2)nc(=O)n1Cc1ccc(C(F)(F)F)s1. The highest BCUT2D eigenvalue weighted by Gasteiger charge is 2.32. The highest BCUT2D eigenvalue weighted by molar-refractivity contribution is 7.12. The zero-order chi connectivity index (χ0) is 20.8. The van der Waals surface area contributed by atoms with Crippen molar-refractivity contribution in [3.05, 3.63) is 66.7 Å². The molecule has 3 aromatic rings. The molecule has 0 amide bonds. The molecule has 0 radical (unpaired) electrons. The standard InChI is InChI=1S/C18H15ClF3N5OS/c1-10-24-16(26-5-4-11-6-15(19)23-7-12(11)8-26)25-17(28)27(10)9-13-2-3-14(29-13)18(20,21)22/h2-3,6-7H,4-5,8-9H2,1H3. The zero-order valence-electron chi connectivity index (χ0n) is 15.2. The van der Waals surface area contributed by atoms with E-state index in [1.165, 1.54) is 10.6 Å². The summed E-state index contributed by atoms with van der Waals surface area (Å²) in [6, 6.07) is 4.21. The molecule has 0 saturated heterocycles. The number of nitrogens with zero attached hydrogens (tertiary/aromatic N) is 5. The summed E-state index contributed by atoms with van der Waals surface area (Å²) < 4.78 is 39.6. The molecule has 152 valence electrons. The van der Waals surface area contributed by atoms with Crippen molar-refractivity contribution in [2.24, 2.45) is 0 Å². The second kappa shape index (κ2) is 7.42. The number of aromatic nitrogens is 4. The number of alkyl halides is 3. The molecule has 11 heteroatoms. The topological polar surface area (TPSA) is 63.9 Å². The highest BCUT2D eigenvalue weighted by atomic mass is 35.5. The van der Waals surface area contributed by atoms with Crippen LogP contribution in [0.3, 0.4) is 0 Å². The van der Waals surface area contributed by atoms with E-state index in [1.807, 2.05) is 11.0 Å². The van der Waals surface area contributed by atoms with Crippen molar-refractivity contribution >= 4 is 28.9 Å². The fourth-order valence-electron chi connectivity index (χ4n) is 3.19. The minimum absolute atomic E-state index is 0.00303. The largest absolute Gasteiger partial charge is 0.425 e. The van der Waals surface area contributed by atoms with Crippen LogP contribution in [0.5, 0.6) is 0 Å². The molecule has 1 aliphatic rings. The molecule has 1 aliphatic heterocycles. The molecule has 0 unspecified atom stereocenters. The van der Waals surface area contributed by atoms with Crippen LogP contribution in [0, 0.1) is 6.92 Å². The molecule has 0 spiro atoms. The van der Waals surface area contributed by atoms with Crippen LogP contribution in [-0.4, -0.2) is 26.1 Å². The molecule has 0 atom stereocenters. The zero-order valence-corrected chi connectivity index (χ0v) is 16.8. The van der Waals surface area contributed by atoms with Crippen LogP contribution in [0.15, 0.2) is 29.2 Å². The molecular weight excluding hydrogens is 427 g/mol. The summed E-state index contributed by atoms with van der Waals surface area (Å²) in [7, 11) is 0. The number of pyridine rings is 1. The van der Waals surface area contributed by atoms with Gasteiger partial charge in [0.1, 0.15) is 15.9 Å². The van der Waals surface area contributed by atoms with E-state index in [9.17, 15) is 18.0 Å². The number of thiophene rings is 1. The predicted molar refractivity (Wildman–Crippen MR) is 103 cm³/mol. The van der Waals surface area contributed by atoms with E-state index < -0.39 is 16.7 Å². The first-order valence-electron chi connectivity index (χ1n) is 8.70. The van der Waals surface area contributed by atoms with Crippen LogP contribution in [0.25, 0.3) is 0 Å². The number of fused-ring (bicyclic) bond motifs is 1. The van der Waals surface area contributed by atoms with Crippen LogP contribution in [-0.2, 0) is 25.7 Å². The van der Waals surface area contributed by atoms with Gasteiger partial charge in [-0.3, -0.25) is 4.57 Å². The van der Waals surface area contributed by atoms with Crippen LogP contribution < -0.4 is 10.6 Å². The van der Waals surface area contributed by atoms with E-state index in [4.69, 9.17) is 11.6 Å². The van der Waals surface area contributed by atoms with Crippen molar-refractivity contribution in [1.82, 2.24) is 19.5 Å². The molecule has 0 N–H and O–H groups in total. The predicted octanol–water partition coefficient (Wildman–Crippen LogP) is 3.69. The number of hydrogen-bond acceptors (Lipinski definition) is 6. The van der Waals surface area contributed by atoms with E-state index >= 15 is 0 Å². The minimum Gasteiger partial charge on any atom is -0.336 e. The monoisotopic (exact) mass is 441 g/mol. The summed E-state index contributed by atoms with van der Waals surface area (Å²) in [4.78, 5) is 26.7. The van der Waals surface area contributed by atoms with E-state index in [0.717, 1.165) is 23.6 Å². The van der Waals surface area contributed by atoms with Crippen LogP contribution in [0.2, 0.25) is 5.15 Å². The molecule has 4 heterocycles. The van der Waals surface area contributed by atoms with Gasteiger partial charge in [-0.2, -0.15) is 23.1 Å². The quantitative estimate of drug-likeness (QED) is 0.580. The van der Waals surface area contributed by atoms with Crippen LogP contribution >= 0.6 is 22.9 Å². The van der Waals surface area contributed by atoms with Gasteiger partial charge in [0.05, 0.1) is 6.54 Å². The van der Waals surface area contributed by atoms with Gasteiger partial charge in [0.2, 0.25) is 5.95 Å². The van der Waals surface area contributed by atoms with Crippen molar-refractivity contribution in [1.29, 1.82) is 0 Å². The maximum absolute atomic E-state index is 12.8. The van der Waals surface area contributed by atoms with Gasteiger partial charge in [-0.25, -0.2) is 9.78 Å². The summed E-state index contributed by atoms with van der Waals surface area (Å²) in [5, 5.41) is 0.439. The molecule has 29 heavy (non-hydrogen) atoms. The van der Waals surface area contributed by atoms with Gasteiger partial charge in [0.15, 0.2) is 0 Å². The summed E-state index contributed by atoms with van der Waals surface area (Å²) in [5.74, 6) is 0.688. The molecule has 6 nitrogen and oxygen atoms in total. The first-order chi connectivity index (χ1) is 13.7. The third-order valence-electron chi connectivity index (χ3n) is 4.68. The third kappa shape index (κ3) is 4.13. The van der Waals surface area contributed by atoms with E-state index in [0.29, 0.717) is 46.2 Å². The average molecular weight is 442 g/mol. The molecular formula is C18H15ClF3N5OS. The maximum atomic E-state index is 12.8. The first-order valence-corrected chi connectivity index (χ1v) is 9.90. The third-order valence-corrected chi connectivity index (χ3v) is 6.00. The maximum Gasteiger partial charge on any atom is 0.425 e. The molecule has 4 rings (SSSR count). The molecule has 0 bridgehead atoms. The summed E-state index contributed by atoms with van der Waals surface area (Å²) >= 11 is 6.54. The Labute approximate surface area is 172 Å². The number of halogens is 4. The lowest BCUT2D eigenvalue weighted by Gasteiger charge is -2.28. The van der Waals surface area contributed by atoms with Crippen LogP contribution in [0.4, 0.5) is 19.1 Å². The van der Waals surface area contributed by atoms with Crippen molar-refractivity contribution < 1.29 is 13.2 Å². The van der Waals surface area contributed by atoms with Gasteiger partial charge >= 0.3 is 11.9 Å². The Morgan fingerprint density at radius 3 is 2.72 bits per heavy atom. The Kier molecular flexibility index (Phi) is 5.07. The van der Waals surface area contributed by atoms with Crippen molar-refractivity contribution in [2.75, 3.05) is 11.4 Å². The molecule has 0 aliphatic carbocycles. The Balaban J connectivity index is 1.57. The normalized spacial score (nSPS) is 14.2. The van der Waals surface area contributed by atoms with Gasteiger partial charge in [0.25, 0.3) is 0 Å². The molecule has 0 saturated carbocycles. The van der Waals surface area contributed by atoms with Gasteiger partial charge in [0, 0.05) is 24.2 Å². The van der Waals surface area contributed by atoms with Gasteiger partial charge < -0.3 is 4.90 Å². The van der Waals surface area contributed by atoms with E-state index in [2.05, 4.69) is 15.0 Å². The Morgan fingerprint density at radius 2 is 2.03 bits per heavy atom. The summed E-state index contributed by atoms with van der Waals surface area (Å²) in [6.07, 6.45) is -1.97. The fraction of sp³-hybridized carbons (Fsp3) is 0.333. The number of rotatable bonds is 3. The molecule has 0 aromatic carbocycles. The average Bonchev–Trinajstić information content (AvgIpc) is 3.13. The van der Waals surface area contributed by atoms with Gasteiger partial charge in [-0.05, 0) is 42.7 Å². The number of hydrogen-bond donors (Lipinski definition) is 0. The molecule has 3 aromatic heterocycles. The highest BCUT2D eigenvalue weighted by Crippen LogP contribution is 2.34. The smallest absolute Gasteiger partial charge is 0.336 e. The Hall–Kier alpha value is -2.46. The minimum atomic E-state index is -4.40. The van der Waals surface area contributed by atoms with Crippen molar-refractivity contribution in [3.8, 4) is 0 Å². The fourth-order valence-corrected chi connectivity index (χ4v) is 4.24. The van der Waals surface area contributed by atoms with E-state index in [1.54, 1.807) is 13.1 Å². The second-order valence-electron chi connectivity index (χ2n) is 6.65. The lowest BCUT2D eigenvalue weighted by molar-refractivity contribution is -0.134. The Morgan fingerprint density at radius 1 is 1.24 bits per heavy atom. The van der Waals surface area contributed by atoms with Crippen molar-refractivity contribution in [3.63, 3.8) is 0 Å². The first kappa shape index (κ1) is 19.8. The van der Waals surface area contributed by atoms with Crippen LogP contribution in [0.1, 0.15) is 26.7 Å². The Bertz CT molecular complexity index is 1130. The lowest BCUT2D eigenvalue weighted by Crippen LogP contribution is -2.36.